The maximum absolute atomic E-state index is 12.7. The number of aromatic nitrogens is 1. The fraction of sp³-hybridized carbons (Fsp3) is 0.154. The van der Waals surface area contributed by atoms with E-state index in [0.717, 1.165) is 4.73 Å². The molecule has 0 spiro atoms. The van der Waals surface area contributed by atoms with Gasteiger partial charge in [0.25, 0.3) is 0 Å². The van der Waals surface area contributed by atoms with Gasteiger partial charge in [0.1, 0.15) is 11.6 Å². The van der Waals surface area contributed by atoms with Crippen molar-refractivity contribution in [3.63, 3.8) is 0 Å². The molecule has 0 fully saturated rings. The first-order valence-electron chi connectivity index (χ1n) is 5.60. The molecule has 0 aliphatic carbocycles. The highest BCUT2D eigenvalue weighted by Gasteiger charge is 2.22. The van der Waals surface area contributed by atoms with Crippen LogP contribution >= 0.6 is 0 Å². The van der Waals surface area contributed by atoms with Gasteiger partial charge < -0.3 is 0 Å². The highest BCUT2D eigenvalue weighted by Crippen LogP contribution is 2.16. The van der Waals surface area contributed by atoms with E-state index in [-0.39, 0.29) is 4.90 Å². The molecule has 19 heavy (non-hydrogen) atoms. The van der Waals surface area contributed by atoms with Crippen LogP contribution in [0.3, 0.4) is 0 Å². The van der Waals surface area contributed by atoms with Crippen molar-refractivity contribution in [2.24, 2.45) is 0 Å². The van der Waals surface area contributed by atoms with E-state index in [2.05, 4.69) is 0 Å². The molecule has 1 aromatic carbocycles. The van der Waals surface area contributed by atoms with Crippen LogP contribution in [0, 0.1) is 6.92 Å². The molecular weight excluding hydrogens is 269 g/mol. The Kier molecular flexibility index (Phi) is 3.80. The molecule has 4 nitrogen and oxygen atoms in total. The number of halogens is 1. The summed E-state index contributed by atoms with van der Waals surface area (Å²) < 4.78 is 42.7. The number of pyridine rings is 1. The largest absolute Gasteiger partial charge is 0.396 e. The van der Waals surface area contributed by atoms with Crippen LogP contribution in [-0.4, -0.2) is 8.42 Å². The standard InChI is InChI=1S/C13H13FNO3S/c1-11-5-6-13(9-12(11)10-14)19(16,17)18-15-7-3-2-4-8-15/h2-9H,10H2,1H3/q+1. The highest BCUT2D eigenvalue weighted by molar-refractivity contribution is 7.86. The summed E-state index contributed by atoms with van der Waals surface area (Å²) in [6.45, 7) is 1.01. The minimum Gasteiger partial charge on any atom is -0.246 e. The van der Waals surface area contributed by atoms with Crippen molar-refractivity contribution in [3.05, 3.63) is 59.9 Å². The van der Waals surface area contributed by atoms with Gasteiger partial charge in [0, 0.05) is 16.9 Å². The van der Waals surface area contributed by atoms with Crippen LogP contribution in [0.4, 0.5) is 4.39 Å². The first-order chi connectivity index (χ1) is 9.03. The average Bonchev–Trinajstić information content (AvgIpc) is 2.39. The zero-order chi connectivity index (χ0) is 13.9. The Balaban J connectivity index is 2.35. The average molecular weight is 282 g/mol. The van der Waals surface area contributed by atoms with E-state index in [1.807, 2.05) is 0 Å². The Morgan fingerprint density at radius 1 is 1.21 bits per heavy atom. The summed E-state index contributed by atoms with van der Waals surface area (Å²) in [6.07, 6.45) is 2.92. The third-order valence-corrected chi connectivity index (χ3v) is 3.83. The van der Waals surface area contributed by atoms with Gasteiger partial charge in [-0.05, 0) is 30.2 Å². The van der Waals surface area contributed by atoms with E-state index in [1.165, 1.54) is 24.5 Å². The van der Waals surface area contributed by atoms with E-state index < -0.39 is 16.8 Å². The number of hydrogen-bond donors (Lipinski definition) is 0. The van der Waals surface area contributed by atoms with Gasteiger partial charge in [-0.2, -0.15) is 8.42 Å². The van der Waals surface area contributed by atoms with Gasteiger partial charge in [-0.1, -0.05) is 12.1 Å². The summed E-state index contributed by atoms with van der Waals surface area (Å²) in [4.78, 5) is -0.0675. The summed E-state index contributed by atoms with van der Waals surface area (Å²) in [6, 6.07) is 9.25. The molecule has 0 unspecified atom stereocenters. The van der Waals surface area contributed by atoms with Crippen LogP contribution < -0.4 is 9.01 Å². The number of rotatable bonds is 4. The Bertz CT molecular complexity index is 672. The molecule has 0 aliphatic rings. The van der Waals surface area contributed by atoms with Gasteiger partial charge in [-0.3, -0.25) is 0 Å². The molecule has 1 aromatic heterocycles. The van der Waals surface area contributed by atoms with Crippen LogP contribution in [0.2, 0.25) is 0 Å². The molecule has 6 heteroatoms. The van der Waals surface area contributed by atoms with Gasteiger partial charge in [0.2, 0.25) is 12.4 Å². The Labute approximate surface area is 111 Å². The van der Waals surface area contributed by atoms with Crippen LogP contribution in [0.25, 0.3) is 0 Å². The molecule has 2 rings (SSSR count). The second-order valence-corrected chi connectivity index (χ2v) is 5.51. The molecule has 100 valence electrons. The SMILES string of the molecule is Cc1ccc(S(=O)(=O)O[n+]2ccccc2)cc1CF. The third kappa shape index (κ3) is 3.08. The lowest BCUT2D eigenvalue weighted by atomic mass is 10.1. The smallest absolute Gasteiger partial charge is 0.246 e. The minimum atomic E-state index is -3.97. The van der Waals surface area contributed by atoms with Gasteiger partial charge in [0.15, 0.2) is 0 Å². The number of hydrogen-bond acceptors (Lipinski definition) is 3. The summed E-state index contributed by atoms with van der Waals surface area (Å²) in [5, 5.41) is 0. The van der Waals surface area contributed by atoms with E-state index in [4.69, 9.17) is 4.28 Å². The van der Waals surface area contributed by atoms with Crippen LogP contribution in [-0.2, 0) is 16.8 Å². The van der Waals surface area contributed by atoms with Crippen molar-refractivity contribution in [1.29, 1.82) is 0 Å². The molecule has 0 radical (unpaired) electrons. The zero-order valence-electron chi connectivity index (χ0n) is 10.3. The predicted octanol–water partition coefficient (Wildman–Crippen LogP) is 1.57. The Morgan fingerprint density at radius 3 is 2.53 bits per heavy atom. The third-order valence-electron chi connectivity index (χ3n) is 2.63. The van der Waals surface area contributed by atoms with Crippen molar-refractivity contribution in [2.45, 2.75) is 18.5 Å². The van der Waals surface area contributed by atoms with Crippen LogP contribution in [0.15, 0.2) is 53.7 Å². The monoisotopic (exact) mass is 282 g/mol. The van der Waals surface area contributed by atoms with Gasteiger partial charge in [0.05, 0.1) is 0 Å². The van der Waals surface area contributed by atoms with Gasteiger partial charge in [-0.25, -0.2) is 4.39 Å². The second kappa shape index (κ2) is 5.36. The first-order valence-corrected chi connectivity index (χ1v) is 7.00. The fourth-order valence-corrected chi connectivity index (χ4v) is 2.47. The maximum Gasteiger partial charge on any atom is 0.396 e. The normalized spacial score (nSPS) is 11.3. The molecule has 0 saturated heterocycles. The van der Waals surface area contributed by atoms with E-state index in [1.54, 1.807) is 31.2 Å². The fourth-order valence-electron chi connectivity index (χ4n) is 1.54. The highest BCUT2D eigenvalue weighted by atomic mass is 32.2. The van der Waals surface area contributed by atoms with Gasteiger partial charge in [-0.15, -0.1) is 4.28 Å². The van der Waals surface area contributed by atoms with Crippen molar-refractivity contribution in [2.75, 3.05) is 0 Å². The summed E-state index contributed by atoms with van der Waals surface area (Å²) >= 11 is 0. The lowest BCUT2D eigenvalue weighted by Gasteiger charge is -2.04. The van der Waals surface area contributed by atoms with Crippen molar-refractivity contribution in [1.82, 2.24) is 0 Å². The molecule has 0 bridgehead atoms. The van der Waals surface area contributed by atoms with E-state index in [9.17, 15) is 12.8 Å². The molecule has 0 atom stereocenters. The van der Waals surface area contributed by atoms with Crippen LogP contribution in [0.1, 0.15) is 11.1 Å². The molecule has 0 amide bonds. The molecule has 0 saturated carbocycles. The number of aryl methyl sites for hydroxylation is 1. The second-order valence-electron chi connectivity index (χ2n) is 3.99. The van der Waals surface area contributed by atoms with Gasteiger partial charge >= 0.3 is 10.1 Å². The summed E-state index contributed by atoms with van der Waals surface area (Å²) in [5.41, 5.74) is 1.04. The quantitative estimate of drug-likeness (QED) is 0.800. The topological polar surface area (TPSA) is 47.3 Å². The minimum absolute atomic E-state index is 0.0675. The first kappa shape index (κ1) is 13.5. The van der Waals surface area contributed by atoms with Crippen molar-refractivity contribution >= 4 is 10.1 Å². The maximum atomic E-state index is 12.7. The molecule has 2 aromatic rings. The molecular formula is C13H13FNO3S+. The van der Waals surface area contributed by atoms with Crippen LogP contribution in [0.5, 0.6) is 0 Å². The van der Waals surface area contributed by atoms with E-state index >= 15 is 0 Å². The van der Waals surface area contributed by atoms with Crippen molar-refractivity contribution < 1.29 is 21.8 Å². The number of alkyl halides is 1. The van der Waals surface area contributed by atoms with E-state index in [0.29, 0.717) is 11.1 Å². The predicted molar refractivity (Wildman–Crippen MR) is 66.4 cm³/mol. The van der Waals surface area contributed by atoms with Crippen molar-refractivity contribution in [3.8, 4) is 0 Å². The lowest BCUT2D eigenvalue weighted by Crippen LogP contribution is -2.44. The Morgan fingerprint density at radius 2 is 1.89 bits per heavy atom. The number of nitrogens with zero attached hydrogens (tertiary/aromatic N) is 1. The molecule has 0 aliphatic heterocycles. The number of benzene rings is 1. The Hall–Kier alpha value is -1.95. The molecule has 0 N–H and O–H groups in total. The summed E-state index contributed by atoms with van der Waals surface area (Å²) in [7, 11) is -3.97. The molecule has 1 heterocycles. The zero-order valence-corrected chi connectivity index (χ0v) is 11.1. The summed E-state index contributed by atoms with van der Waals surface area (Å²) in [5.74, 6) is 0. The lowest BCUT2D eigenvalue weighted by molar-refractivity contribution is -0.856.